The largest absolute Gasteiger partial charge is 0.448 e. The number of aromatic nitrogens is 1. The summed E-state index contributed by atoms with van der Waals surface area (Å²) in [4.78, 5) is 14.5. The second-order valence-electron chi connectivity index (χ2n) is 1.77. The molecule has 1 aromatic heterocycles. The molecule has 3 nitrogen and oxygen atoms in total. The Labute approximate surface area is 71.0 Å². The molecule has 0 spiro atoms. The van der Waals surface area contributed by atoms with Crippen LogP contribution < -0.4 is 0 Å². The van der Waals surface area contributed by atoms with Gasteiger partial charge < -0.3 is 4.52 Å². The molecule has 0 fully saturated rings. The lowest BCUT2D eigenvalue weighted by Crippen LogP contribution is -1.97. The van der Waals surface area contributed by atoms with Crippen LogP contribution in [-0.2, 0) is 4.52 Å². The minimum atomic E-state index is -0.445. The Morgan fingerprint density at radius 3 is 2.82 bits per heavy atom. The molecule has 0 aliphatic rings. The van der Waals surface area contributed by atoms with Gasteiger partial charge in [0.15, 0.2) is 0 Å². The van der Waals surface area contributed by atoms with E-state index in [0.717, 1.165) is 0 Å². The van der Waals surface area contributed by atoms with Crippen LogP contribution in [0.2, 0.25) is 5.15 Å². The fourth-order valence-electron chi connectivity index (χ4n) is 0.565. The van der Waals surface area contributed by atoms with Crippen LogP contribution in [0.25, 0.3) is 0 Å². The van der Waals surface area contributed by atoms with Crippen LogP contribution in [0.1, 0.15) is 10.4 Å². The van der Waals surface area contributed by atoms with Crippen molar-refractivity contribution in [1.29, 1.82) is 0 Å². The molecule has 0 radical (unpaired) electrons. The average Bonchev–Trinajstić information content (AvgIpc) is 2.05. The number of halogens is 1. The van der Waals surface area contributed by atoms with Gasteiger partial charge in [0.1, 0.15) is 5.15 Å². The van der Waals surface area contributed by atoms with Crippen molar-refractivity contribution in [2.75, 3.05) is 0 Å². The lowest BCUT2D eigenvalue weighted by Gasteiger charge is -1.96. The zero-order valence-corrected chi connectivity index (χ0v) is 7.36. The third kappa shape index (κ3) is 2.14. The van der Waals surface area contributed by atoms with E-state index in [1.54, 1.807) is 6.07 Å². The van der Waals surface area contributed by atoms with Gasteiger partial charge in [-0.3, -0.25) is 0 Å². The van der Waals surface area contributed by atoms with Crippen LogP contribution in [0.5, 0.6) is 0 Å². The average molecular weight is 190 g/mol. The van der Waals surface area contributed by atoms with Gasteiger partial charge in [-0.05, 0) is 12.1 Å². The van der Waals surface area contributed by atoms with Crippen LogP contribution in [-0.4, -0.2) is 11.0 Å². The molecule has 58 valence electrons. The topological polar surface area (TPSA) is 39.2 Å². The van der Waals surface area contributed by atoms with Crippen LogP contribution in [0.3, 0.4) is 0 Å². The molecule has 0 aliphatic heterocycles. The van der Waals surface area contributed by atoms with Crippen molar-refractivity contribution in [1.82, 2.24) is 4.98 Å². The van der Waals surface area contributed by atoms with E-state index >= 15 is 0 Å². The van der Waals surface area contributed by atoms with E-state index in [1.807, 2.05) is 9.47 Å². The highest BCUT2D eigenvalue weighted by Crippen LogP contribution is 2.07. The van der Waals surface area contributed by atoms with Gasteiger partial charge in [-0.25, -0.2) is 9.78 Å². The van der Waals surface area contributed by atoms with E-state index in [0.29, 0.717) is 10.7 Å². The first-order chi connectivity index (χ1) is 5.24. The van der Waals surface area contributed by atoms with E-state index in [4.69, 9.17) is 11.6 Å². The molecule has 0 bridgehead atoms. The molecule has 1 aromatic rings. The molecule has 0 aromatic carbocycles. The van der Waals surface area contributed by atoms with E-state index in [9.17, 15) is 4.79 Å². The number of carbonyl (C=O) groups is 1. The van der Waals surface area contributed by atoms with Gasteiger partial charge in [0, 0.05) is 6.20 Å². The lowest BCUT2D eigenvalue weighted by atomic mass is 10.3. The minimum absolute atomic E-state index is 0.352. The van der Waals surface area contributed by atoms with E-state index in [2.05, 4.69) is 9.51 Å². The van der Waals surface area contributed by atoms with Crippen LogP contribution in [0.15, 0.2) is 18.3 Å². The zero-order chi connectivity index (χ0) is 8.27. The second-order valence-corrected chi connectivity index (χ2v) is 2.40. The van der Waals surface area contributed by atoms with E-state index < -0.39 is 5.97 Å². The van der Waals surface area contributed by atoms with Gasteiger partial charge in [-0.15, -0.1) is 0 Å². The number of rotatable bonds is 1. The van der Waals surface area contributed by atoms with Gasteiger partial charge in [0.25, 0.3) is 0 Å². The SMILES string of the molecule is O=C(OP)c1ccc(Cl)nc1. The van der Waals surface area contributed by atoms with Gasteiger partial charge in [0.05, 0.1) is 15.0 Å². The fraction of sp³-hybridized carbons (Fsp3) is 0. The first-order valence-corrected chi connectivity index (χ1v) is 3.61. The summed E-state index contributed by atoms with van der Waals surface area (Å²) in [6.45, 7) is 0. The van der Waals surface area contributed by atoms with Crippen molar-refractivity contribution < 1.29 is 9.32 Å². The van der Waals surface area contributed by atoms with E-state index in [-0.39, 0.29) is 0 Å². The molecule has 0 amide bonds. The molecule has 5 heteroatoms. The molecule has 0 N–H and O–H groups in total. The standard InChI is InChI=1S/C6H5ClNO2P/c7-5-2-1-4(3-8-5)6(9)10-11/h1-3H,11H2. The van der Waals surface area contributed by atoms with Gasteiger partial charge >= 0.3 is 5.97 Å². The Hall–Kier alpha value is -0.660. The van der Waals surface area contributed by atoms with Gasteiger partial charge in [-0.1, -0.05) is 11.6 Å². The third-order valence-electron chi connectivity index (χ3n) is 1.07. The summed E-state index contributed by atoms with van der Waals surface area (Å²) in [7, 11) is 1.87. The monoisotopic (exact) mass is 189 g/mol. The van der Waals surface area contributed by atoms with Gasteiger partial charge in [0.2, 0.25) is 0 Å². The molecular weight excluding hydrogens is 184 g/mol. The summed E-state index contributed by atoms with van der Waals surface area (Å²) in [5.41, 5.74) is 0.379. The summed E-state index contributed by atoms with van der Waals surface area (Å²) in [6.07, 6.45) is 1.36. The Morgan fingerprint density at radius 2 is 2.36 bits per heavy atom. The number of hydrogen-bond acceptors (Lipinski definition) is 3. The Morgan fingerprint density at radius 1 is 1.64 bits per heavy atom. The molecule has 11 heavy (non-hydrogen) atoms. The molecule has 1 rings (SSSR count). The summed E-state index contributed by atoms with van der Waals surface area (Å²) >= 11 is 5.49. The van der Waals surface area contributed by atoms with Crippen molar-refractivity contribution in [2.45, 2.75) is 0 Å². The molecular formula is C6H5ClNO2P. The van der Waals surface area contributed by atoms with Crippen molar-refractivity contribution in [2.24, 2.45) is 0 Å². The molecule has 1 atom stereocenters. The zero-order valence-electron chi connectivity index (χ0n) is 5.45. The smallest absolute Gasteiger partial charge is 0.341 e. The number of pyridine rings is 1. The predicted molar refractivity (Wildman–Crippen MR) is 44.4 cm³/mol. The summed E-state index contributed by atoms with van der Waals surface area (Å²) in [5, 5.41) is 0.352. The normalized spacial score (nSPS) is 9.27. The van der Waals surface area contributed by atoms with Crippen molar-refractivity contribution in [3.05, 3.63) is 29.0 Å². The van der Waals surface area contributed by atoms with Crippen LogP contribution >= 0.6 is 21.1 Å². The van der Waals surface area contributed by atoms with Crippen molar-refractivity contribution in [3.63, 3.8) is 0 Å². The minimum Gasteiger partial charge on any atom is -0.448 e. The number of hydrogen-bond donors (Lipinski definition) is 0. The Kier molecular flexibility index (Phi) is 2.80. The number of nitrogens with zero attached hydrogens (tertiary/aromatic N) is 1. The highest BCUT2D eigenvalue weighted by atomic mass is 35.5. The summed E-state index contributed by atoms with van der Waals surface area (Å²) < 4.78 is 4.37. The predicted octanol–water partition coefficient (Wildman–Crippen LogP) is 1.68. The molecule has 1 unspecified atom stereocenters. The maximum Gasteiger partial charge on any atom is 0.341 e. The second kappa shape index (κ2) is 3.65. The molecule has 0 saturated carbocycles. The molecule has 0 aliphatic carbocycles. The quantitative estimate of drug-likeness (QED) is 0.498. The van der Waals surface area contributed by atoms with Crippen molar-refractivity contribution in [3.8, 4) is 0 Å². The number of carbonyl (C=O) groups excluding carboxylic acids is 1. The Bertz CT molecular complexity index is 262. The highest BCUT2D eigenvalue weighted by molar-refractivity contribution is 7.10. The van der Waals surface area contributed by atoms with Gasteiger partial charge in [-0.2, -0.15) is 0 Å². The fourth-order valence-corrected chi connectivity index (χ4v) is 0.812. The molecule has 1 heterocycles. The highest BCUT2D eigenvalue weighted by Gasteiger charge is 2.03. The third-order valence-corrected chi connectivity index (χ3v) is 1.51. The lowest BCUT2D eigenvalue weighted by molar-refractivity contribution is 0.0765. The van der Waals surface area contributed by atoms with Crippen LogP contribution in [0, 0.1) is 0 Å². The van der Waals surface area contributed by atoms with Crippen molar-refractivity contribution >= 4 is 27.0 Å². The Balaban J connectivity index is 2.90. The maximum absolute atomic E-state index is 10.8. The first-order valence-electron chi connectivity index (χ1n) is 2.76. The van der Waals surface area contributed by atoms with Crippen LogP contribution in [0.4, 0.5) is 0 Å². The summed E-state index contributed by atoms with van der Waals surface area (Å²) in [5.74, 6) is -0.445. The van der Waals surface area contributed by atoms with E-state index in [1.165, 1.54) is 12.3 Å². The molecule has 0 saturated heterocycles. The first kappa shape index (κ1) is 8.44. The summed E-state index contributed by atoms with van der Waals surface area (Å²) in [6, 6.07) is 3.07. The maximum atomic E-state index is 10.8.